The highest BCUT2D eigenvalue weighted by molar-refractivity contribution is 5.26. The van der Waals surface area contributed by atoms with Crippen LogP contribution in [0.3, 0.4) is 0 Å². The normalized spacial score (nSPS) is 14.8. The average Bonchev–Trinajstić information content (AvgIpc) is 2.28. The van der Waals surface area contributed by atoms with Gasteiger partial charge in [-0.1, -0.05) is 12.1 Å². The van der Waals surface area contributed by atoms with Crippen LogP contribution >= 0.6 is 0 Å². The molecule has 3 nitrogen and oxygen atoms in total. The number of aliphatic hydroxyl groups is 1. The lowest BCUT2D eigenvalue weighted by molar-refractivity contribution is 0.142. The molecule has 0 amide bonds. The minimum absolute atomic E-state index is 0.264. The number of nitrogens with two attached hydrogens (primary N) is 1. The molecule has 1 aromatic rings. The minimum Gasteiger partial charge on any atom is -0.387 e. The molecule has 0 saturated carbocycles. The first-order valence-corrected chi connectivity index (χ1v) is 5.40. The van der Waals surface area contributed by atoms with Crippen molar-refractivity contribution in [1.82, 2.24) is 5.32 Å². The number of aliphatic hydroxyl groups excluding tert-OH is 1. The van der Waals surface area contributed by atoms with Crippen molar-refractivity contribution in [2.75, 3.05) is 13.6 Å². The van der Waals surface area contributed by atoms with Crippen molar-refractivity contribution in [2.45, 2.75) is 25.5 Å². The molecule has 0 heterocycles. The van der Waals surface area contributed by atoms with Crippen LogP contribution in [0.5, 0.6) is 0 Å². The van der Waals surface area contributed by atoms with E-state index in [9.17, 15) is 9.50 Å². The highest BCUT2D eigenvalue weighted by atomic mass is 19.1. The van der Waals surface area contributed by atoms with E-state index in [0.717, 1.165) is 6.54 Å². The predicted octanol–water partition coefficient (Wildman–Crippen LogP) is 1.10. The molecule has 0 fully saturated rings. The van der Waals surface area contributed by atoms with Gasteiger partial charge in [0.2, 0.25) is 0 Å². The molecular formula is C12H19FN2O. The summed E-state index contributed by atoms with van der Waals surface area (Å²) in [6.07, 6.45) is -0.0682. The van der Waals surface area contributed by atoms with Crippen LogP contribution in [0.25, 0.3) is 0 Å². The number of nitrogens with one attached hydrogen (secondary N) is 1. The van der Waals surface area contributed by atoms with Crippen LogP contribution in [0.1, 0.15) is 23.7 Å². The second-order valence-corrected chi connectivity index (χ2v) is 4.01. The van der Waals surface area contributed by atoms with Gasteiger partial charge in [0.15, 0.2) is 0 Å². The maximum Gasteiger partial charge on any atom is 0.126 e. The summed E-state index contributed by atoms with van der Waals surface area (Å²) in [5.74, 6) is -0.264. The van der Waals surface area contributed by atoms with Crippen molar-refractivity contribution in [3.8, 4) is 0 Å². The zero-order valence-corrected chi connectivity index (χ0v) is 9.70. The summed E-state index contributed by atoms with van der Waals surface area (Å²) in [5.41, 5.74) is 7.03. The highest BCUT2D eigenvalue weighted by Crippen LogP contribution is 2.19. The summed E-state index contributed by atoms with van der Waals surface area (Å²) >= 11 is 0. The third kappa shape index (κ3) is 3.27. The SMILES string of the molecule is CNCCC(N)C(O)c1ccc(F)c(C)c1. The lowest BCUT2D eigenvalue weighted by atomic mass is 9.99. The van der Waals surface area contributed by atoms with Crippen LogP contribution in [0, 0.1) is 12.7 Å². The lowest BCUT2D eigenvalue weighted by Gasteiger charge is -2.19. The smallest absolute Gasteiger partial charge is 0.126 e. The summed E-state index contributed by atoms with van der Waals surface area (Å²) in [4.78, 5) is 0. The van der Waals surface area contributed by atoms with Crippen LogP contribution in [0.15, 0.2) is 18.2 Å². The molecule has 0 bridgehead atoms. The Kier molecular flexibility index (Phi) is 4.86. The summed E-state index contributed by atoms with van der Waals surface area (Å²) in [5, 5.41) is 12.9. The van der Waals surface area contributed by atoms with Crippen LogP contribution in [0.2, 0.25) is 0 Å². The Hall–Kier alpha value is -0.970. The minimum atomic E-state index is -0.743. The van der Waals surface area contributed by atoms with E-state index in [2.05, 4.69) is 5.32 Å². The van der Waals surface area contributed by atoms with Crippen LogP contribution in [-0.4, -0.2) is 24.7 Å². The quantitative estimate of drug-likeness (QED) is 0.704. The highest BCUT2D eigenvalue weighted by Gasteiger charge is 2.16. The van der Waals surface area contributed by atoms with Crippen molar-refractivity contribution in [2.24, 2.45) is 5.73 Å². The van der Waals surface area contributed by atoms with Crippen LogP contribution in [-0.2, 0) is 0 Å². The monoisotopic (exact) mass is 226 g/mol. The second kappa shape index (κ2) is 5.94. The van der Waals surface area contributed by atoms with Crippen molar-refractivity contribution in [3.05, 3.63) is 35.1 Å². The van der Waals surface area contributed by atoms with Gasteiger partial charge in [-0.25, -0.2) is 4.39 Å². The standard InChI is InChI=1S/C12H19FN2O/c1-8-7-9(3-4-10(8)13)12(16)11(14)5-6-15-2/h3-4,7,11-12,15-16H,5-6,14H2,1-2H3. The number of rotatable bonds is 5. The van der Waals surface area contributed by atoms with Gasteiger partial charge in [-0.05, 0) is 44.1 Å². The fraction of sp³-hybridized carbons (Fsp3) is 0.500. The van der Waals surface area contributed by atoms with Gasteiger partial charge < -0.3 is 16.2 Å². The van der Waals surface area contributed by atoms with Crippen molar-refractivity contribution in [3.63, 3.8) is 0 Å². The van der Waals surface area contributed by atoms with E-state index in [-0.39, 0.29) is 11.9 Å². The van der Waals surface area contributed by atoms with Crippen LogP contribution in [0.4, 0.5) is 4.39 Å². The number of aryl methyl sites for hydroxylation is 1. The molecule has 4 N–H and O–H groups in total. The van der Waals surface area contributed by atoms with Crippen molar-refractivity contribution in [1.29, 1.82) is 0 Å². The zero-order valence-electron chi connectivity index (χ0n) is 9.70. The Balaban J connectivity index is 2.71. The summed E-state index contributed by atoms with van der Waals surface area (Å²) in [7, 11) is 1.83. The maximum atomic E-state index is 13.0. The van der Waals surface area contributed by atoms with Gasteiger partial charge in [0.25, 0.3) is 0 Å². The molecule has 0 aromatic heterocycles. The first-order chi connectivity index (χ1) is 7.56. The molecule has 16 heavy (non-hydrogen) atoms. The van der Waals surface area contributed by atoms with E-state index in [1.165, 1.54) is 6.07 Å². The average molecular weight is 226 g/mol. The molecule has 1 aromatic carbocycles. The topological polar surface area (TPSA) is 58.3 Å². The van der Waals surface area contributed by atoms with Gasteiger partial charge in [-0.3, -0.25) is 0 Å². The number of benzene rings is 1. The molecule has 0 saturated heterocycles. The van der Waals surface area contributed by atoms with Crippen molar-refractivity contribution >= 4 is 0 Å². The van der Waals surface area contributed by atoms with E-state index < -0.39 is 6.10 Å². The molecule has 0 aliphatic rings. The van der Waals surface area contributed by atoms with E-state index in [4.69, 9.17) is 5.73 Å². The number of hydrogen-bond donors (Lipinski definition) is 3. The Morgan fingerprint density at radius 3 is 2.75 bits per heavy atom. The predicted molar refractivity (Wildman–Crippen MR) is 62.6 cm³/mol. The molecular weight excluding hydrogens is 207 g/mol. The molecule has 4 heteroatoms. The first-order valence-electron chi connectivity index (χ1n) is 5.40. The molecule has 2 unspecified atom stereocenters. The Morgan fingerprint density at radius 2 is 2.19 bits per heavy atom. The van der Waals surface area contributed by atoms with Gasteiger partial charge in [-0.15, -0.1) is 0 Å². The summed E-state index contributed by atoms with van der Waals surface area (Å²) < 4.78 is 13.0. The largest absolute Gasteiger partial charge is 0.387 e. The van der Waals surface area contributed by atoms with Crippen molar-refractivity contribution < 1.29 is 9.50 Å². The number of hydrogen-bond acceptors (Lipinski definition) is 3. The fourth-order valence-electron chi connectivity index (χ4n) is 1.57. The van der Waals surface area contributed by atoms with Gasteiger partial charge in [0, 0.05) is 6.04 Å². The maximum absolute atomic E-state index is 13.0. The molecule has 0 aliphatic heterocycles. The summed E-state index contributed by atoms with van der Waals surface area (Å²) in [6.45, 7) is 2.42. The number of halogens is 1. The van der Waals surface area contributed by atoms with E-state index in [1.807, 2.05) is 7.05 Å². The van der Waals surface area contributed by atoms with Gasteiger partial charge in [-0.2, -0.15) is 0 Å². The van der Waals surface area contributed by atoms with E-state index in [1.54, 1.807) is 19.1 Å². The van der Waals surface area contributed by atoms with Crippen LogP contribution < -0.4 is 11.1 Å². The zero-order chi connectivity index (χ0) is 12.1. The Bertz CT molecular complexity index is 344. The van der Waals surface area contributed by atoms with Gasteiger partial charge in [0.1, 0.15) is 5.82 Å². The molecule has 0 aliphatic carbocycles. The first kappa shape index (κ1) is 13.1. The third-order valence-corrected chi connectivity index (χ3v) is 2.66. The van der Waals surface area contributed by atoms with Gasteiger partial charge >= 0.3 is 0 Å². The Labute approximate surface area is 95.5 Å². The molecule has 1 rings (SSSR count). The molecule has 0 spiro atoms. The molecule has 90 valence electrons. The van der Waals surface area contributed by atoms with E-state index >= 15 is 0 Å². The Morgan fingerprint density at radius 1 is 1.50 bits per heavy atom. The van der Waals surface area contributed by atoms with Gasteiger partial charge in [0.05, 0.1) is 6.10 Å². The fourth-order valence-corrected chi connectivity index (χ4v) is 1.57. The lowest BCUT2D eigenvalue weighted by Crippen LogP contribution is -2.31. The van der Waals surface area contributed by atoms with E-state index in [0.29, 0.717) is 17.5 Å². The third-order valence-electron chi connectivity index (χ3n) is 2.66. The molecule has 0 radical (unpaired) electrons. The summed E-state index contributed by atoms with van der Waals surface area (Å²) in [6, 6.07) is 4.24. The second-order valence-electron chi connectivity index (χ2n) is 4.01. The molecule has 2 atom stereocenters.